The number of benzene rings is 2. The van der Waals surface area contributed by atoms with Crippen molar-refractivity contribution in [2.75, 3.05) is 43.5 Å². The molecule has 0 spiro atoms. The van der Waals surface area contributed by atoms with Crippen LogP contribution in [0.5, 0.6) is 5.75 Å². The highest BCUT2D eigenvalue weighted by molar-refractivity contribution is 5.96. The first kappa shape index (κ1) is 29.1. The third kappa shape index (κ3) is 6.88. The topological polar surface area (TPSA) is 134 Å². The quantitative estimate of drug-likeness (QED) is 0.270. The number of piperidine rings is 2. The summed E-state index contributed by atoms with van der Waals surface area (Å²) in [6.07, 6.45) is 8.06. The second-order valence-corrected chi connectivity index (χ2v) is 10.8. The summed E-state index contributed by atoms with van der Waals surface area (Å²) < 4.78 is 5.19. The molecule has 3 aromatic rings. The summed E-state index contributed by atoms with van der Waals surface area (Å²) in [6, 6.07) is 13.4. The summed E-state index contributed by atoms with van der Waals surface area (Å²) in [7, 11) is 1.59. The zero-order valence-corrected chi connectivity index (χ0v) is 24.1. The fourth-order valence-electron chi connectivity index (χ4n) is 5.71. The van der Waals surface area contributed by atoms with Gasteiger partial charge in [-0.1, -0.05) is 18.2 Å². The highest BCUT2D eigenvalue weighted by Crippen LogP contribution is 2.31. The van der Waals surface area contributed by atoms with Gasteiger partial charge in [-0.3, -0.25) is 9.59 Å². The van der Waals surface area contributed by atoms with Crippen LogP contribution in [-0.4, -0.2) is 61.1 Å². The van der Waals surface area contributed by atoms with Crippen LogP contribution >= 0.6 is 0 Å². The Hall–Kier alpha value is -4.44. The van der Waals surface area contributed by atoms with E-state index in [2.05, 4.69) is 44.5 Å². The molecule has 0 aliphatic carbocycles. The molecule has 0 bridgehead atoms. The Bertz CT molecular complexity index is 1420. The number of allylic oxidation sites excluding steroid dienone is 1. The molecular weight excluding hydrogens is 530 g/mol. The number of anilines is 3. The number of carbonyl (C=O) groups excluding carboxylic acids is 2. The predicted octanol–water partition coefficient (Wildman–Crippen LogP) is 3.92. The monoisotopic (exact) mass is 569 g/mol. The number of nitrogens with two attached hydrogens (primary N) is 1. The molecule has 2 fully saturated rings. The number of rotatable bonds is 10. The third-order valence-corrected chi connectivity index (χ3v) is 7.98. The van der Waals surface area contributed by atoms with Gasteiger partial charge in [-0.25, -0.2) is 9.97 Å². The Labute approximate surface area is 246 Å². The molecule has 1 unspecified atom stereocenters. The molecule has 2 saturated heterocycles. The van der Waals surface area contributed by atoms with E-state index in [9.17, 15) is 9.59 Å². The molecule has 2 amide bonds. The van der Waals surface area contributed by atoms with Crippen LogP contribution in [0.1, 0.15) is 63.6 Å². The molecule has 1 aromatic heterocycles. The van der Waals surface area contributed by atoms with E-state index >= 15 is 0 Å². The SMILES string of the molecule is C=CCc1cc(C2CCNCC2)ccc1Nc1nc(N2CCCC(NC(=O)c3ccc(OC)cc3)C2)cnc1C(N)=O. The highest BCUT2D eigenvalue weighted by Gasteiger charge is 2.25. The molecule has 2 aliphatic heterocycles. The second-order valence-electron chi connectivity index (χ2n) is 10.8. The fourth-order valence-corrected chi connectivity index (χ4v) is 5.71. The number of nitrogens with one attached hydrogen (secondary N) is 3. The van der Waals surface area contributed by atoms with Crippen molar-refractivity contribution in [3.63, 3.8) is 0 Å². The van der Waals surface area contributed by atoms with Crippen LogP contribution in [0.3, 0.4) is 0 Å². The van der Waals surface area contributed by atoms with Gasteiger partial charge in [0.25, 0.3) is 11.8 Å². The first-order valence-corrected chi connectivity index (χ1v) is 14.5. The minimum atomic E-state index is -0.656. The summed E-state index contributed by atoms with van der Waals surface area (Å²) in [6.45, 7) is 7.31. The van der Waals surface area contributed by atoms with Gasteiger partial charge in [-0.15, -0.1) is 6.58 Å². The maximum Gasteiger partial charge on any atom is 0.271 e. The van der Waals surface area contributed by atoms with Crippen molar-refractivity contribution in [1.29, 1.82) is 0 Å². The summed E-state index contributed by atoms with van der Waals surface area (Å²) in [5.41, 5.74) is 9.56. The lowest BCUT2D eigenvalue weighted by atomic mass is 9.88. The number of hydrogen-bond donors (Lipinski definition) is 4. The lowest BCUT2D eigenvalue weighted by Crippen LogP contribution is -2.48. The average molecular weight is 570 g/mol. The molecule has 42 heavy (non-hydrogen) atoms. The van der Waals surface area contributed by atoms with Crippen LogP contribution in [0.2, 0.25) is 0 Å². The Balaban J connectivity index is 1.34. The lowest BCUT2D eigenvalue weighted by molar-refractivity contribution is 0.0931. The van der Waals surface area contributed by atoms with Gasteiger partial charge in [0.15, 0.2) is 11.5 Å². The molecule has 220 valence electrons. The molecule has 0 radical (unpaired) electrons. The first-order valence-electron chi connectivity index (χ1n) is 14.5. The predicted molar refractivity (Wildman–Crippen MR) is 165 cm³/mol. The Kier molecular flexibility index (Phi) is 9.33. The lowest BCUT2D eigenvalue weighted by Gasteiger charge is -2.34. The molecule has 5 N–H and O–H groups in total. The minimum absolute atomic E-state index is 0.0656. The van der Waals surface area contributed by atoms with Crippen LogP contribution in [0.25, 0.3) is 0 Å². The molecule has 10 nitrogen and oxygen atoms in total. The van der Waals surface area contributed by atoms with Crippen molar-refractivity contribution < 1.29 is 14.3 Å². The van der Waals surface area contributed by atoms with E-state index in [0.717, 1.165) is 56.6 Å². The van der Waals surface area contributed by atoms with Gasteiger partial charge in [0.1, 0.15) is 11.6 Å². The van der Waals surface area contributed by atoms with Crippen molar-refractivity contribution in [2.24, 2.45) is 5.73 Å². The van der Waals surface area contributed by atoms with E-state index in [4.69, 9.17) is 15.5 Å². The summed E-state index contributed by atoms with van der Waals surface area (Å²) >= 11 is 0. The van der Waals surface area contributed by atoms with Gasteiger partial charge in [0.2, 0.25) is 0 Å². The molecule has 3 heterocycles. The van der Waals surface area contributed by atoms with Gasteiger partial charge in [-0.05, 0) is 92.6 Å². The highest BCUT2D eigenvalue weighted by atomic mass is 16.5. The van der Waals surface area contributed by atoms with Crippen LogP contribution in [0.4, 0.5) is 17.3 Å². The summed E-state index contributed by atoms with van der Waals surface area (Å²) in [4.78, 5) is 36.5. The van der Waals surface area contributed by atoms with E-state index < -0.39 is 5.91 Å². The standard InChI is InChI=1S/C32H39N7O3/c1-3-5-24-18-23(21-13-15-34-16-14-21)9-12-27(24)37-31-29(30(33)40)35-19-28(38-31)39-17-4-6-25(20-39)36-32(41)22-7-10-26(42-2)11-8-22/h3,7-12,18-19,21,25,34H,1,4-6,13-17,20H2,2H3,(H2,33,40)(H,36,41)(H,37,38). The molecular formula is C32H39N7O3. The van der Waals surface area contributed by atoms with Gasteiger partial charge in [-0.2, -0.15) is 0 Å². The van der Waals surface area contributed by atoms with Gasteiger partial charge < -0.3 is 31.3 Å². The normalized spacial score (nSPS) is 17.4. The van der Waals surface area contributed by atoms with E-state index in [0.29, 0.717) is 41.8 Å². The van der Waals surface area contributed by atoms with Crippen molar-refractivity contribution in [2.45, 2.75) is 44.1 Å². The minimum Gasteiger partial charge on any atom is -0.497 e. The molecule has 2 aromatic carbocycles. The third-order valence-electron chi connectivity index (χ3n) is 7.98. The van der Waals surface area contributed by atoms with Crippen LogP contribution in [-0.2, 0) is 6.42 Å². The van der Waals surface area contributed by atoms with Crippen molar-refractivity contribution in [3.8, 4) is 5.75 Å². The summed E-state index contributed by atoms with van der Waals surface area (Å²) in [5, 5.41) is 9.91. The zero-order valence-electron chi connectivity index (χ0n) is 24.1. The van der Waals surface area contributed by atoms with Gasteiger partial charge >= 0.3 is 0 Å². The maximum absolute atomic E-state index is 12.9. The Morgan fingerprint density at radius 3 is 2.67 bits per heavy atom. The number of aromatic nitrogens is 2. The number of hydrogen-bond acceptors (Lipinski definition) is 8. The largest absolute Gasteiger partial charge is 0.497 e. The molecule has 0 saturated carbocycles. The zero-order chi connectivity index (χ0) is 29.5. The van der Waals surface area contributed by atoms with Crippen molar-refractivity contribution >= 4 is 29.1 Å². The average Bonchev–Trinajstić information content (AvgIpc) is 3.02. The van der Waals surface area contributed by atoms with Gasteiger partial charge in [0, 0.05) is 30.4 Å². The van der Waals surface area contributed by atoms with Crippen molar-refractivity contribution in [1.82, 2.24) is 20.6 Å². The van der Waals surface area contributed by atoms with E-state index in [-0.39, 0.29) is 17.6 Å². The Morgan fingerprint density at radius 1 is 1.17 bits per heavy atom. The Morgan fingerprint density at radius 2 is 1.95 bits per heavy atom. The number of carbonyl (C=O) groups is 2. The molecule has 10 heteroatoms. The number of ether oxygens (including phenoxy) is 1. The number of nitrogens with zero attached hydrogens (tertiary/aromatic N) is 3. The molecule has 2 aliphatic rings. The van der Waals surface area contributed by atoms with Crippen LogP contribution in [0, 0.1) is 0 Å². The molecule has 5 rings (SSSR count). The van der Waals surface area contributed by atoms with Crippen LogP contribution in [0.15, 0.2) is 61.3 Å². The second kappa shape index (κ2) is 13.5. The number of amides is 2. The van der Waals surface area contributed by atoms with E-state index in [1.165, 1.54) is 5.56 Å². The number of methoxy groups -OCH3 is 1. The maximum atomic E-state index is 12.9. The van der Waals surface area contributed by atoms with E-state index in [1.807, 2.05) is 12.1 Å². The fraction of sp³-hybridized carbons (Fsp3) is 0.375. The first-order chi connectivity index (χ1) is 20.4. The summed E-state index contributed by atoms with van der Waals surface area (Å²) in [5.74, 6) is 1.35. The van der Waals surface area contributed by atoms with Gasteiger partial charge in [0.05, 0.1) is 13.3 Å². The van der Waals surface area contributed by atoms with Crippen LogP contribution < -0.4 is 31.3 Å². The molecule has 1 atom stereocenters. The number of primary amides is 1. The van der Waals surface area contributed by atoms with Crippen molar-refractivity contribution in [3.05, 3.63) is 83.7 Å². The van der Waals surface area contributed by atoms with E-state index in [1.54, 1.807) is 37.6 Å². The smallest absolute Gasteiger partial charge is 0.271 e.